The minimum atomic E-state index is -4.41. The number of benzene rings is 2. The Kier molecular flexibility index (Phi) is 4.09. The zero-order valence-corrected chi connectivity index (χ0v) is 10.4. The molecule has 20 heavy (non-hydrogen) atoms. The van der Waals surface area contributed by atoms with E-state index in [-0.39, 0.29) is 18.6 Å². The monoisotopic (exact) mass is 284 g/mol. The summed E-state index contributed by atoms with van der Waals surface area (Å²) in [4.78, 5) is 0. The molecule has 5 heteroatoms. The van der Waals surface area contributed by atoms with Gasteiger partial charge in [0.2, 0.25) is 0 Å². The molecule has 0 aliphatic carbocycles. The molecule has 0 amide bonds. The van der Waals surface area contributed by atoms with Gasteiger partial charge in [0, 0.05) is 6.61 Å². The molecule has 0 unspecified atom stereocenters. The summed E-state index contributed by atoms with van der Waals surface area (Å²) in [6.45, 7) is -0.219. The van der Waals surface area contributed by atoms with Gasteiger partial charge in [-0.25, -0.2) is 4.39 Å². The van der Waals surface area contributed by atoms with Crippen molar-refractivity contribution in [2.24, 2.45) is 0 Å². The molecule has 0 spiro atoms. The minimum absolute atomic E-state index is 0.124. The molecule has 0 heterocycles. The molecule has 2 rings (SSSR count). The number of hydrogen-bond donors (Lipinski definition) is 1. The summed E-state index contributed by atoms with van der Waals surface area (Å²) in [6, 6.07) is 8.93. The predicted octanol–water partition coefficient (Wildman–Crippen LogP) is 4.05. The van der Waals surface area contributed by atoms with Crippen LogP contribution < -0.4 is 0 Å². The molecule has 0 bridgehead atoms. The van der Waals surface area contributed by atoms with Crippen LogP contribution in [-0.4, -0.2) is 11.7 Å². The highest BCUT2D eigenvalue weighted by molar-refractivity contribution is 5.65. The van der Waals surface area contributed by atoms with Crippen LogP contribution in [0.1, 0.15) is 11.1 Å². The van der Waals surface area contributed by atoms with Crippen molar-refractivity contribution in [2.45, 2.75) is 12.6 Å². The van der Waals surface area contributed by atoms with Crippen LogP contribution in [0.15, 0.2) is 42.5 Å². The maximum Gasteiger partial charge on any atom is 0.416 e. The minimum Gasteiger partial charge on any atom is -0.396 e. The number of aliphatic hydroxyl groups excluding tert-OH is 1. The van der Waals surface area contributed by atoms with Gasteiger partial charge in [0.1, 0.15) is 5.82 Å². The van der Waals surface area contributed by atoms with Crippen LogP contribution in [0.3, 0.4) is 0 Å². The normalized spacial score (nSPS) is 11.7. The van der Waals surface area contributed by atoms with Crippen LogP contribution in [0.5, 0.6) is 0 Å². The first-order chi connectivity index (χ1) is 9.41. The summed E-state index contributed by atoms with van der Waals surface area (Å²) in [5, 5.41) is 8.84. The van der Waals surface area contributed by atoms with E-state index in [9.17, 15) is 17.6 Å². The molecular formula is C15H12F4O. The lowest BCUT2D eigenvalue weighted by atomic mass is 9.99. The van der Waals surface area contributed by atoms with Crippen LogP contribution in [-0.2, 0) is 12.6 Å². The summed E-state index contributed by atoms with van der Waals surface area (Å²) >= 11 is 0. The van der Waals surface area contributed by atoms with Crippen LogP contribution in [0, 0.1) is 5.82 Å². The molecule has 0 aliphatic rings. The largest absolute Gasteiger partial charge is 0.416 e. The number of halogens is 4. The van der Waals surface area contributed by atoms with Crippen molar-refractivity contribution in [1.29, 1.82) is 0 Å². The second-order valence-corrected chi connectivity index (χ2v) is 4.36. The van der Waals surface area contributed by atoms with Crippen LogP contribution in [0.25, 0.3) is 11.1 Å². The van der Waals surface area contributed by atoms with E-state index < -0.39 is 17.6 Å². The molecule has 0 saturated heterocycles. The lowest BCUT2D eigenvalue weighted by molar-refractivity contribution is -0.137. The Morgan fingerprint density at radius 1 is 0.950 bits per heavy atom. The first-order valence-electron chi connectivity index (χ1n) is 5.99. The average molecular weight is 284 g/mol. The lowest BCUT2D eigenvalue weighted by Gasteiger charge is -2.10. The van der Waals surface area contributed by atoms with E-state index >= 15 is 0 Å². The third-order valence-corrected chi connectivity index (χ3v) is 2.95. The first-order valence-corrected chi connectivity index (χ1v) is 5.99. The third-order valence-electron chi connectivity index (χ3n) is 2.95. The van der Waals surface area contributed by atoms with Crippen LogP contribution >= 0.6 is 0 Å². The third kappa shape index (κ3) is 3.17. The van der Waals surface area contributed by atoms with E-state index in [0.717, 1.165) is 12.1 Å². The Hall–Kier alpha value is -1.88. The van der Waals surface area contributed by atoms with Crippen molar-refractivity contribution in [3.8, 4) is 11.1 Å². The van der Waals surface area contributed by atoms with Gasteiger partial charge in [0.25, 0.3) is 0 Å². The Morgan fingerprint density at radius 2 is 1.65 bits per heavy atom. The number of alkyl halides is 3. The van der Waals surface area contributed by atoms with Gasteiger partial charge in [-0.1, -0.05) is 18.2 Å². The van der Waals surface area contributed by atoms with Gasteiger partial charge in [-0.15, -0.1) is 0 Å². The molecule has 0 radical (unpaired) electrons. The van der Waals surface area contributed by atoms with Crippen molar-refractivity contribution in [2.75, 3.05) is 6.61 Å². The molecule has 2 aromatic carbocycles. The summed E-state index contributed by atoms with van der Waals surface area (Å²) in [5.74, 6) is -0.477. The van der Waals surface area contributed by atoms with Crippen LogP contribution in [0.2, 0.25) is 0 Å². The highest BCUT2D eigenvalue weighted by Gasteiger charge is 2.30. The summed E-state index contributed by atoms with van der Waals surface area (Å²) in [6.07, 6.45) is -4.29. The van der Waals surface area contributed by atoms with Gasteiger partial charge in [-0.05, 0) is 47.4 Å². The molecule has 0 saturated carbocycles. The maximum atomic E-state index is 13.4. The average Bonchev–Trinajstić information content (AvgIpc) is 2.41. The molecule has 0 atom stereocenters. The Balaban J connectivity index is 2.44. The van der Waals surface area contributed by atoms with Gasteiger partial charge < -0.3 is 5.11 Å². The van der Waals surface area contributed by atoms with Gasteiger partial charge >= 0.3 is 6.18 Å². The molecule has 106 valence electrons. The van der Waals surface area contributed by atoms with Crippen molar-refractivity contribution in [3.63, 3.8) is 0 Å². The van der Waals surface area contributed by atoms with Crippen molar-refractivity contribution < 1.29 is 22.7 Å². The number of hydrogen-bond acceptors (Lipinski definition) is 1. The van der Waals surface area contributed by atoms with Gasteiger partial charge in [0.15, 0.2) is 0 Å². The second kappa shape index (κ2) is 5.63. The SMILES string of the molecule is OCCc1cc(-c2cccc(C(F)(F)F)c2)ccc1F. The first kappa shape index (κ1) is 14.5. The number of rotatable bonds is 3. The Labute approximate surface area is 113 Å². The van der Waals surface area contributed by atoms with E-state index in [0.29, 0.717) is 11.1 Å². The Bertz CT molecular complexity index is 605. The highest BCUT2D eigenvalue weighted by atomic mass is 19.4. The molecule has 2 aromatic rings. The van der Waals surface area contributed by atoms with Crippen LogP contribution in [0.4, 0.5) is 17.6 Å². The highest BCUT2D eigenvalue weighted by Crippen LogP contribution is 2.32. The van der Waals surface area contributed by atoms with E-state index in [1.54, 1.807) is 0 Å². The predicted molar refractivity (Wildman–Crippen MR) is 67.6 cm³/mol. The van der Waals surface area contributed by atoms with E-state index in [4.69, 9.17) is 5.11 Å². The quantitative estimate of drug-likeness (QED) is 0.843. The fraction of sp³-hybridized carbons (Fsp3) is 0.200. The van der Waals surface area contributed by atoms with Crippen molar-refractivity contribution >= 4 is 0 Å². The summed E-state index contributed by atoms with van der Waals surface area (Å²) < 4.78 is 51.4. The smallest absolute Gasteiger partial charge is 0.396 e. The zero-order chi connectivity index (χ0) is 14.8. The molecule has 0 fully saturated rings. The molecule has 0 aromatic heterocycles. The van der Waals surface area contributed by atoms with Crippen molar-refractivity contribution in [3.05, 3.63) is 59.4 Å². The topological polar surface area (TPSA) is 20.2 Å². The van der Waals surface area contributed by atoms with E-state index in [2.05, 4.69) is 0 Å². The zero-order valence-electron chi connectivity index (χ0n) is 10.4. The van der Waals surface area contributed by atoms with E-state index in [1.807, 2.05) is 0 Å². The maximum absolute atomic E-state index is 13.4. The molecule has 0 aliphatic heterocycles. The van der Waals surface area contributed by atoms with Gasteiger partial charge in [-0.2, -0.15) is 13.2 Å². The fourth-order valence-electron chi connectivity index (χ4n) is 1.94. The lowest BCUT2D eigenvalue weighted by Crippen LogP contribution is -2.04. The molecular weight excluding hydrogens is 272 g/mol. The summed E-state index contributed by atoms with van der Waals surface area (Å²) in [5.41, 5.74) is 0.380. The van der Waals surface area contributed by atoms with E-state index in [1.165, 1.54) is 30.3 Å². The number of aliphatic hydroxyl groups is 1. The summed E-state index contributed by atoms with van der Waals surface area (Å²) in [7, 11) is 0. The Morgan fingerprint density at radius 3 is 2.30 bits per heavy atom. The fourth-order valence-corrected chi connectivity index (χ4v) is 1.94. The molecule has 1 nitrogen and oxygen atoms in total. The van der Waals surface area contributed by atoms with Gasteiger partial charge in [0.05, 0.1) is 5.56 Å². The standard InChI is InChI=1S/C15H12F4O/c16-14-5-4-11(8-12(14)6-7-20)10-2-1-3-13(9-10)15(17,18)19/h1-5,8-9,20H,6-7H2. The van der Waals surface area contributed by atoms with Crippen molar-refractivity contribution in [1.82, 2.24) is 0 Å². The second-order valence-electron chi connectivity index (χ2n) is 4.36. The van der Waals surface area contributed by atoms with Gasteiger partial charge in [-0.3, -0.25) is 0 Å². The molecule has 1 N–H and O–H groups in total.